The summed E-state index contributed by atoms with van der Waals surface area (Å²) in [5.41, 5.74) is 2.48. The quantitative estimate of drug-likeness (QED) is 0.817. The van der Waals surface area contributed by atoms with Gasteiger partial charge in [0.15, 0.2) is 6.10 Å². The molecule has 1 saturated heterocycles. The zero-order chi connectivity index (χ0) is 17.6. The summed E-state index contributed by atoms with van der Waals surface area (Å²) in [7, 11) is 0. The van der Waals surface area contributed by atoms with Gasteiger partial charge in [-0.05, 0) is 36.3 Å². The second-order valence-corrected chi connectivity index (χ2v) is 8.15. The number of hydrogen-bond donors (Lipinski definition) is 0. The molecule has 1 aromatic carbocycles. The molecule has 138 valence electrons. The maximum absolute atomic E-state index is 12.3. The first-order valence-electron chi connectivity index (χ1n) is 10.00. The van der Waals surface area contributed by atoms with Gasteiger partial charge in [0.05, 0.1) is 12.2 Å². The molecule has 4 aliphatic rings. The number of nitrogens with zero attached hydrogens (tertiary/aromatic N) is 2. The van der Waals surface area contributed by atoms with E-state index in [4.69, 9.17) is 9.47 Å². The third-order valence-electron chi connectivity index (χ3n) is 6.60. The van der Waals surface area contributed by atoms with Crippen molar-refractivity contribution in [1.29, 1.82) is 0 Å². The Balaban J connectivity index is 1.22. The van der Waals surface area contributed by atoms with Crippen LogP contribution in [0.5, 0.6) is 0 Å². The Hall–Kier alpha value is -1.88. The fourth-order valence-electron chi connectivity index (χ4n) is 5.07. The average Bonchev–Trinajstić information content (AvgIpc) is 3.38. The fraction of sp³-hybridized carbons (Fsp3) is 0.619. The molecule has 3 aliphatic heterocycles. The molecular formula is C21H26N2O3. The van der Waals surface area contributed by atoms with Crippen molar-refractivity contribution in [2.75, 3.05) is 13.1 Å². The SMILES string of the molecule is O=C1N=C(N2CCC3(CC2)OCc2ccccc23)OC1CC1CCCC1. The second kappa shape index (κ2) is 6.38. The first kappa shape index (κ1) is 16.3. The average molecular weight is 354 g/mol. The number of carbonyl (C=O) groups is 1. The number of amidine groups is 1. The molecule has 0 aromatic heterocycles. The Morgan fingerprint density at radius 2 is 1.92 bits per heavy atom. The van der Waals surface area contributed by atoms with Crippen molar-refractivity contribution in [3.05, 3.63) is 35.4 Å². The zero-order valence-electron chi connectivity index (χ0n) is 15.2. The van der Waals surface area contributed by atoms with Crippen molar-refractivity contribution in [2.45, 2.75) is 63.3 Å². The van der Waals surface area contributed by atoms with E-state index in [9.17, 15) is 4.79 Å². The largest absolute Gasteiger partial charge is 0.451 e. The summed E-state index contributed by atoms with van der Waals surface area (Å²) >= 11 is 0. The van der Waals surface area contributed by atoms with E-state index < -0.39 is 0 Å². The van der Waals surface area contributed by atoms with E-state index in [0.29, 0.717) is 18.5 Å². The molecule has 0 radical (unpaired) electrons. The zero-order valence-corrected chi connectivity index (χ0v) is 15.2. The number of fused-ring (bicyclic) bond motifs is 2. The number of aliphatic imine (C=N–C) groups is 1. The van der Waals surface area contributed by atoms with Crippen molar-refractivity contribution < 1.29 is 14.3 Å². The molecular weight excluding hydrogens is 328 g/mol. The first-order valence-corrected chi connectivity index (χ1v) is 10.00. The highest BCUT2D eigenvalue weighted by Gasteiger charge is 2.44. The molecule has 3 heterocycles. The number of likely N-dealkylation sites (tertiary alicyclic amines) is 1. The van der Waals surface area contributed by atoms with Gasteiger partial charge in [-0.15, -0.1) is 0 Å². The molecule has 5 heteroatoms. The molecule has 5 nitrogen and oxygen atoms in total. The second-order valence-electron chi connectivity index (χ2n) is 8.15. The van der Waals surface area contributed by atoms with E-state index in [1.54, 1.807) is 0 Å². The predicted molar refractivity (Wildman–Crippen MR) is 97.6 cm³/mol. The van der Waals surface area contributed by atoms with Crippen LogP contribution >= 0.6 is 0 Å². The van der Waals surface area contributed by atoms with Crippen molar-refractivity contribution >= 4 is 11.9 Å². The van der Waals surface area contributed by atoms with Crippen molar-refractivity contribution in [3.8, 4) is 0 Å². The molecule has 2 fully saturated rings. The Morgan fingerprint density at radius 3 is 2.73 bits per heavy atom. The number of rotatable bonds is 2. The minimum Gasteiger partial charge on any atom is -0.451 e. The minimum atomic E-state index is -0.354. The summed E-state index contributed by atoms with van der Waals surface area (Å²) in [6.45, 7) is 2.34. The predicted octanol–water partition coefficient (Wildman–Crippen LogP) is 3.37. The van der Waals surface area contributed by atoms with Crippen LogP contribution in [-0.2, 0) is 26.5 Å². The smallest absolute Gasteiger partial charge is 0.296 e. The van der Waals surface area contributed by atoms with Crippen LogP contribution in [0, 0.1) is 5.92 Å². The standard InChI is InChI=1S/C21H26N2O3/c24-19-18(13-15-5-1-2-6-15)26-20(22-19)23-11-9-21(10-12-23)17-8-4-3-7-16(17)14-25-21/h3-4,7-8,15,18H,1-2,5-6,9-14H2. The molecule has 1 saturated carbocycles. The van der Waals surface area contributed by atoms with E-state index in [1.165, 1.54) is 36.8 Å². The van der Waals surface area contributed by atoms with Gasteiger partial charge in [-0.25, -0.2) is 0 Å². The Morgan fingerprint density at radius 1 is 1.15 bits per heavy atom. The van der Waals surface area contributed by atoms with Gasteiger partial charge < -0.3 is 14.4 Å². The molecule has 5 rings (SSSR count). The molecule has 1 amide bonds. The lowest BCUT2D eigenvalue weighted by molar-refractivity contribution is -0.123. The van der Waals surface area contributed by atoms with Crippen LogP contribution in [0.15, 0.2) is 29.3 Å². The molecule has 0 bridgehead atoms. The maximum Gasteiger partial charge on any atom is 0.296 e. The molecule has 1 aromatic rings. The first-order chi connectivity index (χ1) is 12.7. The van der Waals surface area contributed by atoms with Gasteiger partial charge in [0, 0.05) is 13.1 Å². The summed E-state index contributed by atoms with van der Waals surface area (Å²) in [4.78, 5) is 18.6. The Labute approximate surface area is 154 Å². The summed E-state index contributed by atoms with van der Waals surface area (Å²) in [6, 6.07) is 9.07. The van der Waals surface area contributed by atoms with Crippen LogP contribution in [0.4, 0.5) is 0 Å². The van der Waals surface area contributed by atoms with Gasteiger partial charge >= 0.3 is 0 Å². The van der Waals surface area contributed by atoms with E-state index >= 15 is 0 Å². The summed E-state index contributed by atoms with van der Waals surface area (Å²) in [5.74, 6) is 0.543. The van der Waals surface area contributed by atoms with Gasteiger partial charge in [0.25, 0.3) is 11.9 Å². The summed E-state index contributed by atoms with van der Waals surface area (Å²) in [5, 5.41) is 0. The fourth-order valence-corrected chi connectivity index (χ4v) is 5.07. The number of hydrogen-bond acceptors (Lipinski definition) is 4. The highest BCUT2D eigenvalue weighted by Crippen LogP contribution is 2.44. The minimum absolute atomic E-state index is 0.0883. The Kier molecular flexibility index (Phi) is 4.00. The van der Waals surface area contributed by atoms with Gasteiger partial charge in [-0.3, -0.25) is 4.79 Å². The van der Waals surface area contributed by atoms with Crippen molar-refractivity contribution in [1.82, 2.24) is 4.90 Å². The van der Waals surface area contributed by atoms with Crippen LogP contribution in [0.25, 0.3) is 0 Å². The lowest BCUT2D eigenvalue weighted by atomic mass is 9.84. The number of benzene rings is 1. The van der Waals surface area contributed by atoms with Crippen LogP contribution < -0.4 is 0 Å². The lowest BCUT2D eigenvalue weighted by Crippen LogP contribution is -2.45. The number of carbonyl (C=O) groups excluding carboxylic acids is 1. The maximum atomic E-state index is 12.3. The van der Waals surface area contributed by atoms with Gasteiger partial charge in [-0.2, -0.15) is 4.99 Å². The normalized spacial score (nSPS) is 27.7. The van der Waals surface area contributed by atoms with Crippen LogP contribution in [0.1, 0.15) is 56.1 Å². The summed E-state index contributed by atoms with van der Waals surface area (Å²) < 4.78 is 12.2. The van der Waals surface area contributed by atoms with Crippen molar-refractivity contribution in [2.24, 2.45) is 10.9 Å². The van der Waals surface area contributed by atoms with E-state index in [0.717, 1.165) is 32.4 Å². The third kappa shape index (κ3) is 2.73. The molecule has 1 aliphatic carbocycles. The molecule has 1 atom stereocenters. The van der Waals surface area contributed by atoms with Gasteiger partial charge in [-0.1, -0.05) is 49.9 Å². The Bertz CT molecular complexity index is 731. The molecule has 26 heavy (non-hydrogen) atoms. The number of ether oxygens (including phenoxy) is 2. The lowest BCUT2D eigenvalue weighted by Gasteiger charge is -2.39. The molecule has 1 spiro atoms. The van der Waals surface area contributed by atoms with E-state index in [1.807, 2.05) is 0 Å². The number of piperidine rings is 1. The van der Waals surface area contributed by atoms with Crippen LogP contribution in [0.2, 0.25) is 0 Å². The van der Waals surface area contributed by atoms with E-state index in [2.05, 4.69) is 34.2 Å². The summed E-state index contributed by atoms with van der Waals surface area (Å²) in [6.07, 6.45) is 7.33. The monoisotopic (exact) mass is 354 g/mol. The molecule has 0 N–H and O–H groups in total. The van der Waals surface area contributed by atoms with Crippen molar-refractivity contribution in [3.63, 3.8) is 0 Å². The highest BCUT2D eigenvalue weighted by molar-refractivity contribution is 5.98. The van der Waals surface area contributed by atoms with Crippen LogP contribution in [-0.4, -0.2) is 36.0 Å². The van der Waals surface area contributed by atoms with Gasteiger partial charge in [0.1, 0.15) is 0 Å². The van der Waals surface area contributed by atoms with Crippen LogP contribution in [0.3, 0.4) is 0 Å². The topological polar surface area (TPSA) is 51.1 Å². The van der Waals surface area contributed by atoms with Gasteiger partial charge in [0.2, 0.25) is 0 Å². The third-order valence-corrected chi connectivity index (χ3v) is 6.60. The van der Waals surface area contributed by atoms with E-state index in [-0.39, 0.29) is 17.6 Å². The number of amides is 1. The molecule has 1 unspecified atom stereocenters. The highest BCUT2D eigenvalue weighted by atomic mass is 16.5.